The van der Waals surface area contributed by atoms with E-state index in [1.807, 2.05) is 24.3 Å². The van der Waals surface area contributed by atoms with E-state index in [1.165, 1.54) is 6.07 Å². The van der Waals surface area contributed by atoms with Crippen LogP contribution in [0.25, 0.3) is 0 Å². The van der Waals surface area contributed by atoms with Crippen LogP contribution in [-0.2, 0) is 0 Å². The minimum Gasteiger partial charge on any atom is -0.456 e. The van der Waals surface area contributed by atoms with Crippen molar-refractivity contribution in [2.75, 3.05) is 0 Å². The van der Waals surface area contributed by atoms with Crippen LogP contribution in [0.5, 0.6) is 11.5 Å². The summed E-state index contributed by atoms with van der Waals surface area (Å²) in [5.74, 6) is 1.10. The highest BCUT2D eigenvalue weighted by molar-refractivity contribution is 5.76. The van der Waals surface area contributed by atoms with Crippen molar-refractivity contribution in [2.45, 2.75) is 0 Å². The Morgan fingerprint density at radius 1 is 1.12 bits per heavy atom. The Hall–Kier alpha value is -2.60. The molecule has 0 fully saturated rings. The molecule has 3 nitrogen and oxygen atoms in total. The van der Waals surface area contributed by atoms with Gasteiger partial charge < -0.3 is 4.74 Å². The summed E-state index contributed by atoms with van der Waals surface area (Å²) in [5, 5.41) is 8.97. The lowest BCUT2D eigenvalue weighted by Gasteiger charge is -2.07. The van der Waals surface area contributed by atoms with E-state index in [-0.39, 0.29) is 0 Å². The first kappa shape index (κ1) is 10.9. The minimum absolute atomic E-state index is 0.346. The molecule has 0 aliphatic rings. The molecule has 0 atom stereocenters. The van der Waals surface area contributed by atoms with Crippen LogP contribution in [0.15, 0.2) is 48.5 Å². The number of benzene rings is 2. The Bertz CT molecular complexity index is 571. The third-order valence-electron chi connectivity index (χ3n) is 2.23. The van der Waals surface area contributed by atoms with Crippen molar-refractivity contribution in [3.05, 3.63) is 59.7 Å². The van der Waals surface area contributed by atoms with Gasteiger partial charge in [0.15, 0.2) is 0 Å². The number of nitriles is 1. The maximum atomic E-state index is 10.6. The SMILES string of the molecule is N#Cc1cc(C=O)ccc1Oc1ccccc1. The smallest absolute Gasteiger partial charge is 0.150 e. The van der Waals surface area contributed by atoms with Crippen molar-refractivity contribution in [3.63, 3.8) is 0 Å². The number of carbonyl (C=O) groups is 1. The molecule has 0 bridgehead atoms. The quantitative estimate of drug-likeness (QED) is 0.751. The van der Waals surface area contributed by atoms with E-state index in [2.05, 4.69) is 0 Å². The largest absolute Gasteiger partial charge is 0.456 e. The molecule has 3 heteroatoms. The number of aldehydes is 1. The van der Waals surface area contributed by atoms with Crippen molar-refractivity contribution < 1.29 is 9.53 Å². The molecule has 2 rings (SSSR count). The zero-order valence-corrected chi connectivity index (χ0v) is 8.96. The normalized spacial score (nSPS) is 9.35. The lowest BCUT2D eigenvalue weighted by Crippen LogP contribution is -1.90. The average Bonchev–Trinajstić information content (AvgIpc) is 2.40. The maximum absolute atomic E-state index is 10.6. The molecule has 0 aliphatic heterocycles. The molecule has 2 aromatic rings. The minimum atomic E-state index is 0.346. The van der Waals surface area contributed by atoms with Crippen LogP contribution in [-0.4, -0.2) is 6.29 Å². The van der Waals surface area contributed by atoms with Gasteiger partial charge in [0.25, 0.3) is 0 Å². The molecular formula is C14H9NO2. The highest BCUT2D eigenvalue weighted by atomic mass is 16.5. The summed E-state index contributed by atoms with van der Waals surface area (Å²) in [5.41, 5.74) is 0.806. The van der Waals surface area contributed by atoms with E-state index in [9.17, 15) is 4.79 Å². The Labute approximate surface area is 98.9 Å². The predicted octanol–water partition coefficient (Wildman–Crippen LogP) is 3.16. The van der Waals surface area contributed by atoms with Crippen molar-refractivity contribution in [3.8, 4) is 17.6 Å². The van der Waals surface area contributed by atoms with Crippen LogP contribution in [0.4, 0.5) is 0 Å². The number of nitrogens with zero attached hydrogens (tertiary/aromatic N) is 1. The summed E-state index contributed by atoms with van der Waals surface area (Å²) in [4.78, 5) is 10.6. The molecule has 0 saturated carbocycles. The monoisotopic (exact) mass is 223 g/mol. The zero-order valence-electron chi connectivity index (χ0n) is 8.96. The Morgan fingerprint density at radius 3 is 2.53 bits per heavy atom. The van der Waals surface area contributed by atoms with Gasteiger partial charge in [0.2, 0.25) is 0 Å². The van der Waals surface area contributed by atoms with Gasteiger partial charge in [0, 0.05) is 5.56 Å². The van der Waals surface area contributed by atoms with Gasteiger partial charge in [-0.05, 0) is 30.3 Å². The molecule has 0 N–H and O–H groups in total. The standard InChI is InChI=1S/C14H9NO2/c15-9-12-8-11(10-16)6-7-14(12)17-13-4-2-1-3-5-13/h1-8,10H. The summed E-state index contributed by atoms with van der Waals surface area (Å²) in [6, 6.07) is 15.9. The molecule has 2 aromatic carbocycles. The number of hydrogen-bond acceptors (Lipinski definition) is 3. The summed E-state index contributed by atoms with van der Waals surface area (Å²) in [6.07, 6.45) is 0.702. The first-order valence-electron chi connectivity index (χ1n) is 5.05. The second kappa shape index (κ2) is 4.95. The molecule has 0 amide bonds. The van der Waals surface area contributed by atoms with Crippen LogP contribution in [0, 0.1) is 11.3 Å². The number of rotatable bonds is 3. The fourth-order valence-corrected chi connectivity index (χ4v) is 1.41. The molecule has 0 spiro atoms. The Morgan fingerprint density at radius 2 is 1.88 bits per heavy atom. The molecule has 0 saturated heterocycles. The number of para-hydroxylation sites is 1. The summed E-state index contributed by atoms with van der Waals surface area (Å²) in [7, 11) is 0. The van der Waals surface area contributed by atoms with E-state index < -0.39 is 0 Å². The third-order valence-corrected chi connectivity index (χ3v) is 2.23. The fraction of sp³-hybridized carbons (Fsp3) is 0. The van der Waals surface area contributed by atoms with Gasteiger partial charge in [-0.2, -0.15) is 5.26 Å². The molecule has 0 aromatic heterocycles. The molecule has 0 radical (unpaired) electrons. The maximum Gasteiger partial charge on any atom is 0.150 e. The van der Waals surface area contributed by atoms with E-state index in [0.29, 0.717) is 28.9 Å². The molecule has 0 heterocycles. The van der Waals surface area contributed by atoms with Gasteiger partial charge in [0.1, 0.15) is 23.9 Å². The van der Waals surface area contributed by atoms with Crippen molar-refractivity contribution in [1.29, 1.82) is 5.26 Å². The van der Waals surface area contributed by atoms with Crippen LogP contribution in [0.2, 0.25) is 0 Å². The van der Waals surface area contributed by atoms with Gasteiger partial charge in [-0.3, -0.25) is 4.79 Å². The van der Waals surface area contributed by atoms with Gasteiger partial charge in [0.05, 0.1) is 5.56 Å². The van der Waals surface area contributed by atoms with Crippen LogP contribution >= 0.6 is 0 Å². The second-order valence-corrected chi connectivity index (χ2v) is 3.40. The predicted molar refractivity (Wildman–Crippen MR) is 63.1 cm³/mol. The number of hydrogen-bond donors (Lipinski definition) is 0. The van der Waals surface area contributed by atoms with E-state index in [0.717, 1.165) is 0 Å². The van der Waals surface area contributed by atoms with Crippen molar-refractivity contribution >= 4 is 6.29 Å². The highest BCUT2D eigenvalue weighted by Gasteiger charge is 2.05. The highest BCUT2D eigenvalue weighted by Crippen LogP contribution is 2.25. The molecule has 82 valence electrons. The van der Waals surface area contributed by atoms with E-state index in [1.54, 1.807) is 24.3 Å². The van der Waals surface area contributed by atoms with Gasteiger partial charge in [-0.25, -0.2) is 0 Å². The molecule has 0 aliphatic carbocycles. The van der Waals surface area contributed by atoms with Gasteiger partial charge in [-0.1, -0.05) is 18.2 Å². The fourth-order valence-electron chi connectivity index (χ4n) is 1.41. The first-order valence-corrected chi connectivity index (χ1v) is 5.05. The summed E-state index contributed by atoms with van der Waals surface area (Å²) < 4.78 is 5.56. The van der Waals surface area contributed by atoms with Crippen molar-refractivity contribution in [1.82, 2.24) is 0 Å². The summed E-state index contributed by atoms with van der Waals surface area (Å²) in [6.45, 7) is 0. The van der Waals surface area contributed by atoms with Crippen LogP contribution in [0.3, 0.4) is 0 Å². The van der Waals surface area contributed by atoms with Gasteiger partial charge in [-0.15, -0.1) is 0 Å². The Balaban J connectivity index is 2.34. The van der Waals surface area contributed by atoms with E-state index in [4.69, 9.17) is 10.00 Å². The Kier molecular flexibility index (Phi) is 3.18. The first-order chi connectivity index (χ1) is 8.33. The topological polar surface area (TPSA) is 50.1 Å². The summed E-state index contributed by atoms with van der Waals surface area (Å²) >= 11 is 0. The lowest BCUT2D eigenvalue weighted by atomic mass is 10.1. The molecule has 17 heavy (non-hydrogen) atoms. The lowest BCUT2D eigenvalue weighted by molar-refractivity contribution is 0.112. The number of carbonyl (C=O) groups excluding carboxylic acids is 1. The van der Waals surface area contributed by atoms with Gasteiger partial charge >= 0.3 is 0 Å². The van der Waals surface area contributed by atoms with E-state index >= 15 is 0 Å². The zero-order chi connectivity index (χ0) is 12.1. The average molecular weight is 223 g/mol. The van der Waals surface area contributed by atoms with Crippen molar-refractivity contribution in [2.24, 2.45) is 0 Å². The molecule has 0 unspecified atom stereocenters. The third kappa shape index (κ3) is 2.50. The number of ether oxygens (including phenoxy) is 1. The van der Waals surface area contributed by atoms with Crippen LogP contribution in [0.1, 0.15) is 15.9 Å². The second-order valence-electron chi connectivity index (χ2n) is 3.40. The van der Waals surface area contributed by atoms with Crippen LogP contribution < -0.4 is 4.74 Å². The molecular weight excluding hydrogens is 214 g/mol.